The molecule has 3 aromatic rings. The van der Waals surface area contributed by atoms with Gasteiger partial charge in [0.1, 0.15) is 5.82 Å². The molecule has 0 unspecified atom stereocenters. The van der Waals surface area contributed by atoms with Crippen molar-refractivity contribution in [3.63, 3.8) is 0 Å². The zero-order chi connectivity index (χ0) is 20.1. The number of benzene rings is 2. The number of hydrogen-bond donors (Lipinski definition) is 2. The molecule has 0 aliphatic heterocycles. The SMILES string of the molecule is C=C(/C=C(/C)NCCC)Nc1nc(-c2cccc(C)c2C)nc2ccccc12. The van der Waals surface area contributed by atoms with Crippen LogP contribution in [0.15, 0.2) is 66.5 Å². The average Bonchev–Trinajstić information content (AvgIpc) is 2.68. The predicted molar refractivity (Wildman–Crippen MR) is 119 cm³/mol. The van der Waals surface area contributed by atoms with E-state index >= 15 is 0 Å². The van der Waals surface area contributed by atoms with E-state index in [0.717, 1.165) is 52.5 Å². The van der Waals surface area contributed by atoms with Crippen molar-refractivity contribution in [3.05, 3.63) is 77.6 Å². The van der Waals surface area contributed by atoms with Crippen molar-refractivity contribution < 1.29 is 0 Å². The first-order chi connectivity index (χ1) is 13.5. The van der Waals surface area contributed by atoms with E-state index in [-0.39, 0.29) is 0 Å². The summed E-state index contributed by atoms with van der Waals surface area (Å²) in [7, 11) is 0. The minimum absolute atomic E-state index is 0.722. The van der Waals surface area contributed by atoms with Crippen LogP contribution >= 0.6 is 0 Å². The molecular formula is C24H28N4. The maximum absolute atomic E-state index is 4.85. The molecule has 0 aliphatic carbocycles. The van der Waals surface area contributed by atoms with Crippen molar-refractivity contribution >= 4 is 16.7 Å². The lowest BCUT2D eigenvalue weighted by atomic mass is 10.0. The number of fused-ring (bicyclic) bond motifs is 1. The number of aromatic nitrogens is 2. The predicted octanol–water partition coefficient (Wildman–Crippen LogP) is 5.74. The summed E-state index contributed by atoms with van der Waals surface area (Å²) in [4.78, 5) is 9.66. The highest BCUT2D eigenvalue weighted by Crippen LogP contribution is 2.28. The lowest BCUT2D eigenvalue weighted by Gasteiger charge is -2.13. The number of nitrogens with zero attached hydrogens (tertiary/aromatic N) is 2. The first-order valence-electron chi connectivity index (χ1n) is 9.71. The molecular weight excluding hydrogens is 344 g/mol. The van der Waals surface area contributed by atoms with E-state index in [2.05, 4.69) is 50.1 Å². The van der Waals surface area contributed by atoms with Gasteiger partial charge in [0, 0.05) is 28.9 Å². The number of hydrogen-bond acceptors (Lipinski definition) is 4. The Hall–Kier alpha value is -3.14. The summed E-state index contributed by atoms with van der Waals surface area (Å²) >= 11 is 0. The number of rotatable bonds is 7. The van der Waals surface area contributed by atoms with Gasteiger partial charge in [-0.15, -0.1) is 0 Å². The minimum atomic E-state index is 0.722. The van der Waals surface area contributed by atoms with Gasteiger partial charge in [-0.3, -0.25) is 0 Å². The van der Waals surface area contributed by atoms with Gasteiger partial charge in [-0.05, 0) is 56.5 Å². The van der Waals surface area contributed by atoms with Crippen molar-refractivity contribution in [1.29, 1.82) is 0 Å². The van der Waals surface area contributed by atoms with Crippen LogP contribution in [0.3, 0.4) is 0 Å². The molecule has 0 atom stereocenters. The second-order valence-corrected chi connectivity index (χ2v) is 7.06. The lowest BCUT2D eigenvalue weighted by Crippen LogP contribution is -2.12. The standard InChI is InChI=1S/C24H28N4/c1-6-14-25-17(3)15-18(4)26-24-21-11-7-8-13-22(21)27-23(28-24)20-12-9-10-16(2)19(20)5/h7-13,15,25H,4,6,14H2,1-3,5H3,(H,26,27,28)/b17-15-. The largest absolute Gasteiger partial charge is 0.389 e. The zero-order valence-corrected chi connectivity index (χ0v) is 17.1. The van der Waals surface area contributed by atoms with Crippen LogP contribution in [-0.4, -0.2) is 16.5 Å². The molecule has 1 heterocycles. The summed E-state index contributed by atoms with van der Waals surface area (Å²) in [6.45, 7) is 13.5. The van der Waals surface area contributed by atoms with Gasteiger partial charge in [-0.2, -0.15) is 0 Å². The highest BCUT2D eigenvalue weighted by atomic mass is 15.0. The number of aryl methyl sites for hydroxylation is 1. The van der Waals surface area contributed by atoms with E-state index in [1.54, 1.807) is 0 Å². The molecule has 0 aliphatic rings. The molecule has 3 rings (SSSR count). The molecule has 2 N–H and O–H groups in total. The lowest BCUT2D eigenvalue weighted by molar-refractivity contribution is 0.769. The van der Waals surface area contributed by atoms with E-state index in [4.69, 9.17) is 9.97 Å². The summed E-state index contributed by atoms with van der Waals surface area (Å²) < 4.78 is 0. The maximum Gasteiger partial charge on any atom is 0.162 e. The molecule has 0 saturated carbocycles. The summed E-state index contributed by atoms with van der Waals surface area (Å²) in [5.74, 6) is 1.49. The Balaban J connectivity index is 2.02. The van der Waals surface area contributed by atoms with Gasteiger partial charge in [-0.25, -0.2) is 9.97 Å². The molecule has 0 spiro atoms. The highest BCUT2D eigenvalue weighted by molar-refractivity contribution is 5.91. The Kier molecular flexibility index (Phi) is 6.09. The molecule has 0 saturated heterocycles. The third kappa shape index (κ3) is 4.39. The number of para-hydroxylation sites is 1. The van der Waals surface area contributed by atoms with E-state index in [0.29, 0.717) is 0 Å². The summed E-state index contributed by atoms with van der Waals surface area (Å²) in [6.07, 6.45) is 3.09. The Morgan fingerprint density at radius 3 is 2.64 bits per heavy atom. The first-order valence-corrected chi connectivity index (χ1v) is 9.71. The molecule has 1 aromatic heterocycles. The second kappa shape index (κ2) is 8.70. The molecule has 4 heteroatoms. The Labute approximate surface area is 167 Å². The van der Waals surface area contributed by atoms with Gasteiger partial charge in [0.05, 0.1) is 5.52 Å². The van der Waals surface area contributed by atoms with E-state index in [1.807, 2.05) is 43.3 Å². The molecule has 144 valence electrons. The van der Waals surface area contributed by atoms with Crippen LogP contribution < -0.4 is 10.6 Å². The second-order valence-electron chi connectivity index (χ2n) is 7.06. The Bertz CT molecular complexity index is 1030. The van der Waals surface area contributed by atoms with Gasteiger partial charge in [0.2, 0.25) is 0 Å². The fourth-order valence-corrected chi connectivity index (χ4v) is 3.11. The Morgan fingerprint density at radius 1 is 1.07 bits per heavy atom. The van der Waals surface area contributed by atoms with Crippen LogP contribution in [0.1, 0.15) is 31.4 Å². The van der Waals surface area contributed by atoms with Crippen molar-refractivity contribution in [2.24, 2.45) is 0 Å². The van der Waals surface area contributed by atoms with Gasteiger partial charge < -0.3 is 10.6 Å². The Morgan fingerprint density at radius 2 is 1.86 bits per heavy atom. The van der Waals surface area contributed by atoms with Crippen LogP contribution in [0.2, 0.25) is 0 Å². The molecule has 2 aromatic carbocycles. The van der Waals surface area contributed by atoms with Gasteiger partial charge in [0.25, 0.3) is 0 Å². The third-order valence-corrected chi connectivity index (χ3v) is 4.77. The monoisotopic (exact) mass is 372 g/mol. The van der Waals surface area contributed by atoms with Gasteiger partial charge >= 0.3 is 0 Å². The summed E-state index contributed by atoms with van der Waals surface area (Å²) in [5, 5.41) is 7.72. The van der Waals surface area contributed by atoms with Crippen LogP contribution in [0.5, 0.6) is 0 Å². The number of nitrogens with one attached hydrogen (secondary N) is 2. The minimum Gasteiger partial charge on any atom is -0.389 e. The van der Waals surface area contributed by atoms with Crippen molar-refractivity contribution in [2.75, 3.05) is 11.9 Å². The van der Waals surface area contributed by atoms with Crippen LogP contribution in [0, 0.1) is 13.8 Å². The first kappa shape index (κ1) is 19.6. The average molecular weight is 373 g/mol. The fourth-order valence-electron chi connectivity index (χ4n) is 3.11. The summed E-state index contributed by atoms with van der Waals surface area (Å²) in [5.41, 5.74) is 6.25. The van der Waals surface area contributed by atoms with E-state index in [9.17, 15) is 0 Å². The highest BCUT2D eigenvalue weighted by Gasteiger charge is 2.12. The van der Waals surface area contributed by atoms with Crippen molar-refractivity contribution in [3.8, 4) is 11.4 Å². The number of anilines is 1. The third-order valence-electron chi connectivity index (χ3n) is 4.77. The normalized spacial score (nSPS) is 11.5. The summed E-state index contributed by atoms with van der Waals surface area (Å²) in [6, 6.07) is 14.3. The molecule has 28 heavy (non-hydrogen) atoms. The van der Waals surface area contributed by atoms with Crippen molar-refractivity contribution in [2.45, 2.75) is 34.1 Å². The molecule has 0 radical (unpaired) electrons. The van der Waals surface area contributed by atoms with Crippen LogP contribution in [-0.2, 0) is 0 Å². The molecule has 0 amide bonds. The fraction of sp³-hybridized carbons (Fsp3) is 0.250. The molecule has 4 nitrogen and oxygen atoms in total. The van der Waals surface area contributed by atoms with Gasteiger partial charge in [0.15, 0.2) is 5.82 Å². The van der Waals surface area contributed by atoms with Crippen LogP contribution in [0.25, 0.3) is 22.3 Å². The number of allylic oxidation sites excluding steroid dienone is 2. The molecule has 0 fully saturated rings. The van der Waals surface area contributed by atoms with Crippen LogP contribution in [0.4, 0.5) is 5.82 Å². The van der Waals surface area contributed by atoms with E-state index < -0.39 is 0 Å². The van der Waals surface area contributed by atoms with Gasteiger partial charge in [-0.1, -0.05) is 43.8 Å². The zero-order valence-electron chi connectivity index (χ0n) is 17.1. The smallest absolute Gasteiger partial charge is 0.162 e. The molecule has 0 bridgehead atoms. The van der Waals surface area contributed by atoms with E-state index in [1.165, 1.54) is 11.1 Å². The maximum atomic E-state index is 4.85. The quantitative estimate of drug-likeness (QED) is 0.519. The van der Waals surface area contributed by atoms with Crippen molar-refractivity contribution in [1.82, 2.24) is 15.3 Å². The topological polar surface area (TPSA) is 49.8 Å².